The van der Waals surface area contributed by atoms with Crippen molar-refractivity contribution in [3.8, 4) is 0 Å². The first kappa shape index (κ1) is 13.4. The average molecular weight is 267 g/mol. The van der Waals surface area contributed by atoms with Crippen LogP contribution in [0.15, 0.2) is 12.1 Å². The number of benzene rings is 1. The van der Waals surface area contributed by atoms with Crippen LogP contribution in [-0.4, -0.2) is 11.1 Å². The Labute approximate surface area is 113 Å². The van der Waals surface area contributed by atoms with Gasteiger partial charge in [0.1, 0.15) is 0 Å². The molecule has 0 aliphatic heterocycles. The van der Waals surface area contributed by atoms with Gasteiger partial charge in [-0.3, -0.25) is 4.79 Å². The Morgan fingerprint density at radius 3 is 2.61 bits per heavy atom. The standard InChI is InChI=1S/C15H19ClO2/c1-8-5-12(14(16)6-9(8)2)10(3)4-11-7-13(11)15(17)18/h5-6,10-11,13H,4,7H2,1-3H3,(H,17,18). The lowest BCUT2D eigenvalue weighted by Crippen LogP contribution is -2.03. The van der Waals surface area contributed by atoms with E-state index < -0.39 is 5.97 Å². The number of carboxylic acids is 1. The molecule has 0 aromatic heterocycles. The van der Waals surface area contributed by atoms with E-state index >= 15 is 0 Å². The summed E-state index contributed by atoms with van der Waals surface area (Å²) in [6, 6.07) is 4.14. The lowest BCUT2D eigenvalue weighted by atomic mass is 9.92. The fourth-order valence-electron chi connectivity index (χ4n) is 2.57. The van der Waals surface area contributed by atoms with Crippen LogP contribution in [-0.2, 0) is 4.79 Å². The average Bonchev–Trinajstić information content (AvgIpc) is 3.02. The minimum Gasteiger partial charge on any atom is -0.481 e. The van der Waals surface area contributed by atoms with Gasteiger partial charge in [-0.05, 0) is 61.3 Å². The van der Waals surface area contributed by atoms with Crippen LogP contribution in [0.4, 0.5) is 0 Å². The number of hydrogen-bond donors (Lipinski definition) is 1. The Morgan fingerprint density at radius 2 is 2.06 bits per heavy atom. The molecule has 2 nitrogen and oxygen atoms in total. The normalized spacial score (nSPS) is 23.8. The minimum atomic E-state index is -0.654. The molecule has 2 rings (SSSR count). The molecule has 18 heavy (non-hydrogen) atoms. The third-order valence-corrected chi connectivity index (χ3v) is 4.37. The van der Waals surface area contributed by atoms with Gasteiger partial charge in [0.15, 0.2) is 0 Å². The van der Waals surface area contributed by atoms with Crippen molar-refractivity contribution in [1.29, 1.82) is 0 Å². The highest BCUT2D eigenvalue weighted by Gasteiger charge is 2.43. The summed E-state index contributed by atoms with van der Waals surface area (Å²) in [5, 5.41) is 9.72. The zero-order valence-electron chi connectivity index (χ0n) is 11.0. The second-order valence-corrected chi connectivity index (χ2v) is 5.94. The van der Waals surface area contributed by atoms with Crippen molar-refractivity contribution in [1.82, 2.24) is 0 Å². The van der Waals surface area contributed by atoms with Crippen molar-refractivity contribution in [2.45, 2.75) is 39.5 Å². The molecule has 1 N–H and O–H groups in total. The van der Waals surface area contributed by atoms with Crippen molar-refractivity contribution in [3.63, 3.8) is 0 Å². The zero-order valence-corrected chi connectivity index (χ0v) is 11.8. The second-order valence-electron chi connectivity index (χ2n) is 5.54. The summed E-state index contributed by atoms with van der Waals surface area (Å²) < 4.78 is 0. The first-order chi connectivity index (χ1) is 8.40. The molecule has 1 fully saturated rings. The van der Waals surface area contributed by atoms with E-state index in [1.54, 1.807) is 0 Å². The van der Waals surface area contributed by atoms with Gasteiger partial charge in [0.25, 0.3) is 0 Å². The van der Waals surface area contributed by atoms with E-state index in [4.69, 9.17) is 16.7 Å². The lowest BCUT2D eigenvalue weighted by Gasteiger charge is -2.15. The second kappa shape index (κ2) is 4.93. The summed E-state index contributed by atoms with van der Waals surface area (Å²) in [6.45, 7) is 6.27. The monoisotopic (exact) mass is 266 g/mol. The molecule has 1 aliphatic carbocycles. The highest BCUT2D eigenvalue weighted by Crippen LogP contribution is 2.46. The highest BCUT2D eigenvalue weighted by molar-refractivity contribution is 6.31. The summed E-state index contributed by atoms with van der Waals surface area (Å²) in [4.78, 5) is 10.8. The molecule has 1 aromatic carbocycles. The topological polar surface area (TPSA) is 37.3 Å². The van der Waals surface area contributed by atoms with Crippen LogP contribution in [0.2, 0.25) is 5.02 Å². The first-order valence-corrected chi connectivity index (χ1v) is 6.77. The SMILES string of the molecule is Cc1cc(Cl)c(C(C)CC2CC2C(=O)O)cc1C. The molecule has 0 saturated heterocycles. The Morgan fingerprint density at radius 1 is 1.44 bits per heavy atom. The molecule has 0 heterocycles. The molecular formula is C15H19ClO2. The number of hydrogen-bond acceptors (Lipinski definition) is 1. The number of rotatable bonds is 4. The van der Waals surface area contributed by atoms with E-state index in [-0.39, 0.29) is 5.92 Å². The summed E-state index contributed by atoms with van der Waals surface area (Å²) in [6.07, 6.45) is 1.74. The van der Waals surface area contributed by atoms with E-state index in [1.165, 1.54) is 11.1 Å². The Hall–Kier alpha value is -1.02. The van der Waals surface area contributed by atoms with Crippen molar-refractivity contribution >= 4 is 17.6 Å². The predicted octanol–water partition coefficient (Wildman–Crippen LogP) is 4.17. The van der Waals surface area contributed by atoms with E-state index in [0.717, 1.165) is 23.4 Å². The third-order valence-electron chi connectivity index (χ3n) is 4.04. The predicted molar refractivity (Wildman–Crippen MR) is 73.2 cm³/mol. The molecule has 0 amide bonds. The number of halogens is 1. The van der Waals surface area contributed by atoms with Gasteiger partial charge in [0, 0.05) is 5.02 Å². The lowest BCUT2D eigenvalue weighted by molar-refractivity contribution is -0.138. The maximum atomic E-state index is 10.8. The van der Waals surface area contributed by atoms with Crippen molar-refractivity contribution < 1.29 is 9.90 Å². The van der Waals surface area contributed by atoms with Gasteiger partial charge in [-0.1, -0.05) is 24.6 Å². The van der Waals surface area contributed by atoms with Gasteiger partial charge in [-0.15, -0.1) is 0 Å². The third kappa shape index (κ3) is 2.69. The Balaban J connectivity index is 2.08. The van der Waals surface area contributed by atoms with Crippen LogP contribution in [0.5, 0.6) is 0 Å². The molecule has 0 spiro atoms. The fraction of sp³-hybridized carbons (Fsp3) is 0.533. The zero-order chi connectivity index (χ0) is 13.4. The number of aliphatic carboxylic acids is 1. The fourth-order valence-corrected chi connectivity index (χ4v) is 2.98. The summed E-state index contributed by atoms with van der Waals surface area (Å²) in [5.41, 5.74) is 3.59. The number of aryl methyl sites for hydroxylation is 2. The van der Waals surface area contributed by atoms with Crippen LogP contribution in [0.3, 0.4) is 0 Å². The molecule has 1 aromatic rings. The number of carboxylic acid groups (broad SMARTS) is 1. The molecule has 0 bridgehead atoms. The maximum Gasteiger partial charge on any atom is 0.306 e. The molecule has 1 saturated carbocycles. The van der Waals surface area contributed by atoms with Crippen molar-refractivity contribution in [2.24, 2.45) is 11.8 Å². The van der Waals surface area contributed by atoms with E-state index in [1.807, 2.05) is 6.07 Å². The van der Waals surface area contributed by atoms with Gasteiger partial charge < -0.3 is 5.11 Å². The molecule has 1 aliphatic rings. The Bertz CT molecular complexity index is 482. The van der Waals surface area contributed by atoms with Gasteiger partial charge in [0.05, 0.1) is 5.92 Å². The van der Waals surface area contributed by atoms with Crippen molar-refractivity contribution in [3.05, 3.63) is 33.8 Å². The molecule has 98 valence electrons. The molecular weight excluding hydrogens is 248 g/mol. The van der Waals surface area contributed by atoms with Crippen LogP contribution in [0.25, 0.3) is 0 Å². The molecule has 3 heteroatoms. The van der Waals surface area contributed by atoms with Gasteiger partial charge in [-0.25, -0.2) is 0 Å². The quantitative estimate of drug-likeness (QED) is 0.888. The van der Waals surface area contributed by atoms with Crippen molar-refractivity contribution in [2.75, 3.05) is 0 Å². The maximum absolute atomic E-state index is 10.8. The summed E-state index contributed by atoms with van der Waals surface area (Å²) in [7, 11) is 0. The van der Waals surface area contributed by atoms with Gasteiger partial charge >= 0.3 is 5.97 Å². The van der Waals surface area contributed by atoms with Crippen LogP contribution in [0.1, 0.15) is 42.4 Å². The first-order valence-electron chi connectivity index (χ1n) is 6.39. The van der Waals surface area contributed by atoms with Gasteiger partial charge in [-0.2, -0.15) is 0 Å². The summed E-state index contributed by atoms with van der Waals surface area (Å²) >= 11 is 6.28. The molecule has 3 atom stereocenters. The largest absolute Gasteiger partial charge is 0.481 e. The van der Waals surface area contributed by atoms with Gasteiger partial charge in [0.2, 0.25) is 0 Å². The highest BCUT2D eigenvalue weighted by atomic mass is 35.5. The van der Waals surface area contributed by atoms with E-state index in [2.05, 4.69) is 26.8 Å². The van der Waals surface area contributed by atoms with E-state index in [0.29, 0.717) is 11.8 Å². The smallest absolute Gasteiger partial charge is 0.306 e. The summed E-state index contributed by atoms with van der Waals surface area (Å²) in [5.74, 6) is -0.127. The van der Waals surface area contributed by atoms with E-state index in [9.17, 15) is 4.79 Å². The van der Waals surface area contributed by atoms with Crippen LogP contribution < -0.4 is 0 Å². The molecule has 3 unspecified atom stereocenters. The number of carbonyl (C=O) groups is 1. The minimum absolute atomic E-state index is 0.127. The van der Waals surface area contributed by atoms with Crippen LogP contribution >= 0.6 is 11.6 Å². The van der Waals surface area contributed by atoms with Crippen LogP contribution in [0, 0.1) is 25.7 Å². The Kier molecular flexibility index (Phi) is 3.67. The molecule has 0 radical (unpaired) electrons.